The molecule has 9 nitrogen and oxygen atoms in total. The Bertz CT molecular complexity index is 1270. The van der Waals surface area contributed by atoms with Crippen LogP contribution in [0.1, 0.15) is 25.3 Å². The molecule has 170 valence electrons. The number of aromatic amines is 1. The fourth-order valence-electron chi connectivity index (χ4n) is 3.98. The number of aryl methyl sites for hydroxylation is 1. The number of halogens is 2. The van der Waals surface area contributed by atoms with Gasteiger partial charge in [-0.25, -0.2) is 9.18 Å². The number of piperazine rings is 1. The summed E-state index contributed by atoms with van der Waals surface area (Å²) >= 11 is 6.24. The lowest BCUT2D eigenvalue weighted by molar-refractivity contribution is -0.131. The molecule has 4 rings (SSSR count). The minimum absolute atomic E-state index is 0.0341. The zero-order chi connectivity index (χ0) is 23.0. The Balaban J connectivity index is 1.79. The summed E-state index contributed by atoms with van der Waals surface area (Å²) in [6, 6.07) is 4.39. The molecule has 1 aliphatic rings. The molecule has 0 bridgehead atoms. The summed E-state index contributed by atoms with van der Waals surface area (Å²) in [5, 5.41) is 0.231. The van der Waals surface area contributed by atoms with E-state index >= 15 is 0 Å². The van der Waals surface area contributed by atoms with Gasteiger partial charge in [-0.2, -0.15) is 4.98 Å². The molecule has 3 heterocycles. The normalized spacial score (nSPS) is 14.4. The van der Waals surface area contributed by atoms with Crippen molar-refractivity contribution in [2.24, 2.45) is 7.05 Å². The zero-order valence-electron chi connectivity index (χ0n) is 17.9. The molecule has 1 amide bonds. The van der Waals surface area contributed by atoms with Crippen LogP contribution in [0.2, 0.25) is 5.02 Å². The van der Waals surface area contributed by atoms with Crippen LogP contribution in [-0.2, 0) is 18.4 Å². The first-order chi connectivity index (χ1) is 15.3. The maximum absolute atomic E-state index is 14.6. The first kappa shape index (κ1) is 22.1. The lowest BCUT2D eigenvalue weighted by Gasteiger charge is -2.35. The largest absolute Gasteiger partial charge is 0.339 e. The van der Waals surface area contributed by atoms with Crippen molar-refractivity contribution in [1.29, 1.82) is 0 Å². The number of fused-ring (bicyclic) bond motifs is 1. The van der Waals surface area contributed by atoms with E-state index in [0.717, 1.165) is 6.42 Å². The second-order valence-corrected chi connectivity index (χ2v) is 8.21. The number of nitrogens with zero attached hydrogens (tertiary/aromatic N) is 5. The maximum atomic E-state index is 14.6. The van der Waals surface area contributed by atoms with Gasteiger partial charge in [-0.15, -0.1) is 0 Å². The van der Waals surface area contributed by atoms with E-state index in [4.69, 9.17) is 11.6 Å². The van der Waals surface area contributed by atoms with Crippen molar-refractivity contribution in [3.8, 4) is 0 Å². The van der Waals surface area contributed by atoms with E-state index in [1.165, 1.54) is 23.7 Å². The minimum Gasteiger partial charge on any atom is -0.339 e. The van der Waals surface area contributed by atoms with Gasteiger partial charge in [0.05, 0.1) is 6.54 Å². The quantitative estimate of drug-likeness (QED) is 0.622. The summed E-state index contributed by atoms with van der Waals surface area (Å²) in [5.74, 6) is 0.0350. The van der Waals surface area contributed by atoms with E-state index in [9.17, 15) is 18.8 Å². The number of anilines is 1. The number of imidazole rings is 1. The van der Waals surface area contributed by atoms with Gasteiger partial charge in [0.2, 0.25) is 11.9 Å². The Kier molecular flexibility index (Phi) is 6.05. The summed E-state index contributed by atoms with van der Waals surface area (Å²) in [5.41, 5.74) is -0.611. The highest BCUT2D eigenvalue weighted by Crippen LogP contribution is 2.26. The molecule has 0 atom stereocenters. The molecule has 0 radical (unpaired) electrons. The molecule has 0 unspecified atom stereocenters. The van der Waals surface area contributed by atoms with E-state index in [2.05, 4.69) is 9.97 Å². The second kappa shape index (κ2) is 8.78. The zero-order valence-corrected chi connectivity index (χ0v) is 18.7. The topological polar surface area (TPSA) is 96.2 Å². The molecule has 1 aromatic carbocycles. The third kappa shape index (κ3) is 3.90. The van der Waals surface area contributed by atoms with Gasteiger partial charge in [0.1, 0.15) is 5.82 Å². The van der Waals surface area contributed by atoms with Crippen molar-refractivity contribution in [2.75, 3.05) is 31.1 Å². The molecule has 0 aliphatic carbocycles. The number of carbonyl (C=O) groups is 1. The number of carbonyl (C=O) groups excluding carboxylic acids is 1. The Morgan fingerprint density at radius 3 is 2.59 bits per heavy atom. The van der Waals surface area contributed by atoms with E-state index in [-0.39, 0.29) is 34.2 Å². The van der Waals surface area contributed by atoms with Crippen LogP contribution in [0.15, 0.2) is 27.8 Å². The smallest absolute Gasteiger partial charge is 0.329 e. The highest BCUT2D eigenvalue weighted by Gasteiger charge is 2.27. The summed E-state index contributed by atoms with van der Waals surface area (Å²) in [7, 11) is 1.51. The summed E-state index contributed by atoms with van der Waals surface area (Å²) in [4.78, 5) is 47.7. The van der Waals surface area contributed by atoms with Crippen LogP contribution in [-0.4, -0.2) is 56.1 Å². The number of hydrogen-bond acceptors (Lipinski definition) is 5. The molecule has 2 aromatic heterocycles. The van der Waals surface area contributed by atoms with E-state index in [1.807, 2.05) is 16.7 Å². The van der Waals surface area contributed by atoms with Crippen LogP contribution in [0, 0.1) is 5.82 Å². The lowest BCUT2D eigenvalue weighted by Crippen LogP contribution is -2.49. The van der Waals surface area contributed by atoms with Gasteiger partial charge in [-0.05, 0) is 18.6 Å². The molecule has 32 heavy (non-hydrogen) atoms. The molecule has 0 spiro atoms. The molecule has 1 saturated heterocycles. The average Bonchev–Trinajstić information content (AvgIpc) is 3.15. The van der Waals surface area contributed by atoms with Crippen LogP contribution in [0.25, 0.3) is 11.2 Å². The van der Waals surface area contributed by atoms with Crippen molar-refractivity contribution in [1.82, 2.24) is 24.0 Å². The van der Waals surface area contributed by atoms with Crippen LogP contribution < -0.4 is 16.1 Å². The number of rotatable bonds is 5. The molecule has 3 aromatic rings. The first-order valence-electron chi connectivity index (χ1n) is 10.5. The molecular weight excluding hydrogens is 439 g/mol. The Morgan fingerprint density at radius 2 is 1.94 bits per heavy atom. The van der Waals surface area contributed by atoms with Crippen LogP contribution >= 0.6 is 11.6 Å². The summed E-state index contributed by atoms with van der Waals surface area (Å²) < 4.78 is 17.4. The number of nitrogens with one attached hydrogen (secondary N) is 1. The van der Waals surface area contributed by atoms with Gasteiger partial charge in [-0.1, -0.05) is 24.6 Å². The number of hydrogen-bond donors (Lipinski definition) is 1. The Hall–Kier alpha value is -3.14. The predicted molar refractivity (Wildman–Crippen MR) is 120 cm³/mol. The highest BCUT2D eigenvalue weighted by atomic mass is 35.5. The third-order valence-electron chi connectivity index (χ3n) is 5.74. The van der Waals surface area contributed by atoms with Crippen LogP contribution in [0.4, 0.5) is 10.3 Å². The average molecular weight is 463 g/mol. The lowest BCUT2D eigenvalue weighted by atomic mass is 10.2. The minimum atomic E-state index is -0.605. The molecular formula is C21H24ClFN6O3. The second-order valence-electron chi connectivity index (χ2n) is 7.81. The standard InChI is InChI=1S/C21H24ClFN6O3/c1-3-5-16(30)27-8-10-28(11-9-27)20-24-18-17(19(31)25-21(32)26(18)2)29(20)12-13-14(22)6-4-7-15(13)23/h4,6-7H,3,5,8-12H2,1-2H3,(H,25,31,32). The molecule has 1 fully saturated rings. The van der Waals surface area contributed by atoms with Gasteiger partial charge in [-0.3, -0.25) is 23.7 Å². The van der Waals surface area contributed by atoms with Gasteiger partial charge >= 0.3 is 5.69 Å². The van der Waals surface area contributed by atoms with Crippen molar-refractivity contribution >= 4 is 34.6 Å². The third-order valence-corrected chi connectivity index (χ3v) is 6.10. The van der Waals surface area contributed by atoms with Gasteiger partial charge in [0.15, 0.2) is 11.2 Å². The Labute approximate surface area is 188 Å². The SMILES string of the molecule is CCCC(=O)N1CCN(c2nc3c(c(=O)[nH]c(=O)n3C)n2Cc2c(F)cccc2Cl)CC1. The van der Waals surface area contributed by atoms with Crippen LogP contribution in [0.3, 0.4) is 0 Å². The van der Waals surface area contributed by atoms with E-state index < -0.39 is 17.1 Å². The first-order valence-corrected chi connectivity index (χ1v) is 10.8. The molecule has 1 aliphatic heterocycles. The van der Waals surface area contributed by atoms with Crippen molar-refractivity contribution in [3.05, 3.63) is 55.4 Å². The maximum Gasteiger partial charge on any atom is 0.329 e. The highest BCUT2D eigenvalue weighted by molar-refractivity contribution is 6.31. The molecule has 11 heteroatoms. The monoisotopic (exact) mass is 462 g/mol. The fourth-order valence-corrected chi connectivity index (χ4v) is 4.21. The fraction of sp³-hybridized carbons (Fsp3) is 0.429. The number of amides is 1. The van der Waals surface area contributed by atoms with Gasteiger partial charge in [0.25, 0.3) is 5.56 Å². The van der Waals surface area contributed by atoms with E-state index in [1.54, 1.807) is 10.6 Å². The van der Waals surface area contributed by atoms with E-state index in [0.29, 0.717) is 38.5 Å². The molecule has 1 N–H and O–H groups in total. The van der Waals surface area contributed by atoms with Gasteiger partial charge < -0.3 is 9.80 Å². The molecule has 0 saturated carbocycles. The van der Waals surface area contributed by atoms with Crippen LogP contribution in [0.5, 0.6) is 0 Å². The summed E-state index contributed by atoms with van der Waals surface area (Å²) in [6.45, 7) is 3.95. The Morgan fingerprint density at radius 1 is 1.22 bits per heavy atom. The number of H-pyrrole nitrogens is 1. The van der Waals surface area contributed by atoms with Crippen molar-refractivity contribution in [3.63, 3.8) is 0 Å². The number of benzene rings is 1. The van der Waals surface area contributed by atoms with Crippen molar-refractivity contribution in [2.45, 2.75) is 26.3 Å². The number of aromatic nitrogens is 4. The van der Waals surface area contributed by atoms with Crippen molar-refractivity contribution < 1.29 is 9.18 Å². The predicted octanol–water partition coefficient (Wildman–Crippen LogP) is 1.71. The summed E-state index contributed by atoms with van der Waals surface area (Å²) in [6.07, 6.45) is 1.29. The van der Waals surface area contributed by atoms with Gasteiger partial charge in [0, 0.05) is 50.2 Å².